The van der Waals surface area contributed by atoms with E-state index in [9.17, 15) is 0 Å². The van der Waals surface area contributed by atoms with E-state index < -0.39 is 0 Å². The molecule has 2 aromatic heterocycles. The maximum absolute atomic E-state index is 4.54. The van der Waals surface area contributed by atoms with Crippen LogP contribution in [0.3, 0.4) is 0 Å². The summed E-state index contributed by atoms with van der Waals surface area (Å²) in [5.41, 5.74) is 1.15. The van der Waals surface area contributed by atoms with E-state index in [1.54, 1.807) is 11.3 Å². The zero-order valence-corrected chi connectivity index (χ0v) is 14.3. The van der Waals surface area contributed by atoms with Crippen LogP contribution >= 0.6 is 11.3 Å². The minimum absolute atomic E-state index is 0.0812. The lowest BCUT2D eigenvalue weighted by molar-refractivity contribution is 0.568. The van der Waals surface area contributed by atoms with Crippen LogP contribution in [0.5, 0.6) is 0 Å². The van der Waals surface area contributed by atoms with Crippen LogP contribution in [0.15, 0.2) is 17.5 Å². The average Bonchev–Trinajstić information content (AvgIpc) is 2.96. The van der Waals surface area contributed by atoms with Gasteiger partial charge in [0.15, 0.2) is 0 Å². The molecule has 0 unspecified atom stereocenters. The summed E-state index contributed by atoms with van der Waals surface area (Å²) in [6, 6.07) is 4.29. The smallest absolute Gasteiger partial charge is 0.134 e. The molecule has 21 heavy (non-hydrogen) atoms. The Labute approximate surface area is 131 Å². The first-order valence-electron chi connectivity index (χ1n) is 7.31. The lowest BCUT2D eigenvalue weighted by Gasteiger charge is -2.25. The molecule has 2 aromatic rings. The zero-order chi connectivity index (χ0) is 15.5. The fourth-order valence-electron chi connectivity index (χ4n) is 2.20. The van der Waals surface area contributed by atoms with Crippen molar-refractivity contribution in [3.05, 3.63) is 33.8 Å². The second-order valence-corrected chi connectivity index (χ2v) is 6.79. The number of hydrogen-bond donors (Lipinski definition) is 2. The summed E-state index contributed by atoms with van der Waals surface area (Å²) in [4.78, 5) is 10.4. The highest BCUT2D eigenvalue weighted by Crippen LogP contribution is 2.28. The molecule has 0 atom stereocenters. The van der Waals surface area contributed by atoms with Gasteiger partial charge in [0.05, 0.1) is 0 Å². The van der Waals surface area contributed by atoms with Crippen LogP contribution in [0.25, 0.3) is 0 Å². The first-order chi connectivity index (χ1) is 9.94. The van der Waals surface area contributed by atoms with Crippen LogP contribution in [0.4, 0.5) is 11.6 Å². The SMILES string of the molecule is CCNc1nc(C)nc(NCC(C)(C)c2cccs2)c1C. The second-order valence-electron chi connectivity index (χ2n) is 5.84. The van der Waals surface area contributed by atoms with E-state index in [1.165, 1.54) is 4.88 Å². The van der Waals surface area contributed by atoms with Gasteiger partial charge in [-0.15, -0.1) is 11.3 Å². The van der Waals surface area contributed by atoms with Crippen molar-refractivity contribution in [1.82, 2.24) is 9.97 Å². The fourth-order valence-corrected chi connectivity index (χ4v) is 3.05. The fraction of sp³-hybridized carbons (Fsp3) is 0.500. The van der Waals surface area contributed by atoms with Crippen molar-refractivity contribution in [1.29, 1.82) is 0 Å². The van der Waals surface area contributed by atoms with Crippen molar-refractivity contribution >= 4 is 23.0 Å². The van der Waals surface area contributed by atoms with Crippen LogP contribution in [-0.2, 0) is 5.41 Å². The molecule has 0 aliphatic rings. The maximum Gasteiger partial charge on any atom is 0.134 e. The molecule has 0 bridgehead atoms. The molecule has 2 heterocycles. The Morgan fingerprint density at radius 1 is 1.14 bits per heavy atom. The molecule has 2 rings (SSSR count). The number of thiophene rings is 1. The van der Waals surface area contributed by atoms with Gasteiger partial charge in [0.25, 0.3) is 0 Å². The molecule has 0 amide bonds. The standard InChI is InChI=1S/C16H24N4S/c1-6-17-14-11(2)15(20-12(3)19-14)18-10-16(4,5)13-8-7-9-21-13/h7-9H,6,10H2,1-5H3,(H2,17,18,19,20). The minimum Gasteiger partial charge on any atom is -0.370 e. The summed E-state index contributed by atoms with van der Waals surface area (Å²) in [5.74, 6) is 2.62. The van der Waals surface area contributed by atoms with Crippen molar-refractivity contribution < 1.29 is 0 Å². The van der Waals surface area contributed by atoms with E-state index in [0.717, 1.165) is 36.1 Å². The van der Waals surface area contributed by atoms with E-state index in [2.05, 4.69) is 65.8 Å². The summed E-state index contributed by atoms with van der Waals surface area (Å²) in [6.07, 6.45) is 0. The molecule has 0 radical (unpaired) electrons. The van der Waals surface area contributed by atoms with Crippen molar-refractivity contribution in [2.24, 2.45) is 0 Å². The molecule has 0 fully saturated rings. The van der Waals surface area contributed by atoms with Gasteiger partial charge in [-0.2, -0.15) is 0 Å². The first-order valence-corrected chi connectivity index (χ1v) is 8.19. The predicted molar refractivity (Wildman–Crippen MR) is 91.5 cm³/mol. The van der Waals surface area contributed by atoms with E-state index in [1.807, 2.05) is 6.92 Å². The van der Waals surface area contributed by atoms with Crippen molar-refractivity contribution in [3.8, 4) is 0 Å². The highest BCUT2D eigenvalue weighted by atomic mass is 32.1. The maximum atomic E-state index is 4.54. The number of rotatable bonds is 6. The molecule has 5 heteroatoms. The third-order valence-electron chi connectivity index (χ3n) is 3.49. The van der Waals surface area contributed by atoms with Gasteiger partial charge in [0.1, 0.15) is 17.5 Å². The Kier molecular flexibility index (Phi) is 4.83. The molecule has 2 N–H and O–H groups in total. The number of aryl methyl sites for hydroxylation is 1. The molecule has 0 saturated carbocycles. The van der Waals surface area contributed by atoms with E-state index in [0.29, 0.717) is 0 Å². The molecule has 114 valence electrons. The van der Waals surface area contributed by atoms with E-state index in [4.69, 9.17) is 0 Å². The topological polar surface area (TPSA) is 49.8 Å². The quantitative estimate of drug-likeness (QED) is 0.847. The molecule has 0 aliphatic heterocycles. The second kappa shape index (κ2) is 6.43. The molecule has 4 nitrogen and oxygen atoms in total. The van der Waals surface area contributed by atoms with Crippen LogP contribution in [-0.4, -0.2) is 23.1 Å². The molecule has 0 aliphatic carbocycles. The number of aromatic nitrogens is 2. The Balaban J connectivity index is 2.16. The van der Waals surface area contributed by atoms with Gasteiger partial charge < -0.3 is 10.6 Å². The summed E-state index contributed by atoms with van der Waals surface area (Å²) < 4.78 is 0. The van der Waals surface area contributed by atoms with Crippen LogP contribution in [0.2, 0.25) is 0 Å². The van der Waals surface area contributed by atoms with Gasteiger partial charge in [-0.05, 0) is 32.2 Å². The van der Waals surface area contributed by atoms with Gasteiger partial charge in [0, 0.05) is 28.9 Å². The van der Waals surface area contributed by atoms with Crippen molar-refractivity contribution in [2.75, 3.05) is 23.7 Å². The Hall–Kier alpha value is -1.62. The van der Waals surface area contributed by atoms with Crippen LogP contribution in [0, 0.1) is 13.8 Å². The Morgan fingerprint density at radius 2 is 1.81 bits per heavy atom. The lowest BCUT2D eigenvalue weighted by Crippen LogP contribution is -2.27. The third kappa shape index (κ3) is 3.73. The van der Waals surface area contributed by atoms with E-state index >= 15 is 0 Å². The first kappa shape index (κ1) is 15.8. The zero-order valence-electron chi connectivity index (χ0n) is 13.4. The molecular weight excluding hydrogens is 280 g/mol. The van der Waals surface area contributed by atoms with Gasteiger partial charge >= 0.3 is 0 Å². The van der Waals surface area contributed by atoms with E-state index in [-0.39, 0.29) is 5.41 Å². The van der Waals surface area contributed by atoms with Crippen molar-refractivity contribution in [2.45, 2.75) is 40.0 Å². The monoisotopic (exact) mass is 304 g/mol. The highest BCUT2D eigenvalue weighted by molar-refractivity contribution is 7.10. The number of nitrogens with zero attached hydrogens (tertiary/aromatic N) is 2. The van der Waals surface area contributed by atoms with Gasteiger partial charge in [-0.3, -0.25) is 0 Å². The predicted octanol–water partition coefficient (Wildman–Crippen LogP) is 3.98. The molecule has 0 aromatic carbocycles. The molecular formula is C16H24N4S. The summed E-state index contributed by atoms with van der Waals surface area (Å²) in [5, 5.41) is 8.91. The van der Waals surface area contributed by atoms with Crippen LogP contribution in [0.1, 0.15) is 37.0 Å². The number of hydrogen-bond acceptors (Lipinski definition) is 5. The summed E-state index contributed by atoms with van der Waals surface area (Å²) in [7, 11) is 0. The average molecular weight is 304 g/mol. The molecule has 0 saturated heterocycles. The Morgan fingerprint density at radius 3 is 2.38 bits per heavy atom. The van der Waals surface area contributed by atoms with Gasteiger partial charge in [-0.1, -0.05) is 19.9 Å². The van der Waals surface area contributed by atoms with Crippen LogP contribution < -0.4 is 10.6 Å². The lowest BCUT2D eigenvalue weighted by atomic mass is 9.91. The Bertz CT molecular complexity index is 591. The largest absolute Gasteiger partial charge is 0.370 e. The van der Waals surface area contributed by atoms with Gasteiger partial charge in [0.2, 0.25) is 0 Å². The van der Waals surface area contributed by atoms with Gasteiger partial charge in [-0.25, -0.2) is 9.97 Å². The number of nitrogens with one attached hydrogen (secondary N) is 2. The third-order valence-corrected chi connectivity index (χ3v) is 4.72. The minimum atomic E-state index is 0.0812. The van der Waals surface area contributed by atoms with Crippen molar-refractivity contribution in [3.63, 3.8) is 0 Å². The summed E-state index contributed by atoms with van der Waals surface area (Å²) >= 11 is 1.80. The number of anilines is 2. The summed E-state index contributed by atoms with van der Waals surface area (Å²) in [6.45, 7) is 12.3. The molecule has 0 spiro atoms. The highest BCUT2D eigenvalue weighted by Gasteiger charge is 2.22. The normalized spacial score (nSPS) is 11.5.